The van der Waals surface area contributed by atoms with Crippen LogP contribution in [0.4, 0.5) is 17.5 Å². The number of aromatic hydroxyl groups is 1. The van der Waals surface area contributed by atoms with E-state index in [4.69, 9.17) is 4.42 Å². The summed E-state index contributed by atoms with van der Waals surface area (Å²) in [7, 11) is 0. The smallest absolute Gasteiger partial charge is 0.345 e. The number of nitrogens with zero attached hydrogens (tertiary/aromatic N) is 3. The molecule has 0 spiro atoms. The van der Waals surface area contributed by atoms with Crippen LogP contribution >= 0.6 is 0 Å². The van der Waals surface area contributed by atoms with Crippen molar-refractivity contribution in [2.75, 3.05) is 5.32 Å². The predicted molar refractivity (Wildman–Crippen MR) is 99.8 cm³/mol. The van der Waals surface area contributed by atoms with Gasteiger partial charge in [-0.1, -0.05) is 6.07 Å². The number of aryl methyl sites for hydroxylation is 1. The number of fused-ring (bicyclic) bond motifs is 1. The summed E-state index contributed by atoms with van der Waals surface area (Å²) in [5, 5.41) is 22.7. The molecule has 0 radical (unpaired) electrons. The van der Waals surface area contributed by atoms with Gasteiger partial charge >= 0.3 is 5.97 Å². The van der Waals surface area contributed by atoms with Gasteiger partial charge in [-0.05, 0) is 36.8 Å². The molecule has 27 heavy (non-hydrogen) atoms. The molecule has 0 aromatic carbocycles. The van der Waals surface area contributed by atoms with Gasteiger partial charge in [0.25, 0.3) is 0 Å². The van der Waals surface area contributed by atoms with Gasteiger partial charge in [0.2, 0.25) is 5.88 Å². The van der Waals surface area contributed by atoms with Gasteiger partial charge in [0.05, 0.1) is 0 Å². The number of pyridine rings is 2. The molecule has 0 atom stereocenters. The summed E-state index contributed by atoms with van der Waals surface area (Å²) in [6.07, 6.45) is 6.30. The van der Waals surface area contributed by atoms with Crippen molar-refractivity contribution < 1.29 is 19.4 Å². The highest BCUT2D eigenvalue weighted by atomic mass is 16.4. The van der Waals surface area contributed by atoms with Crippen LogP contribution in [0.1, 0.15) is 27.2 Å². The van der Waals surface area contributed by atoms with Crippen LogP contribution in [-0.4, -0.2) is 32.4 Å². The maximum absolute atomic E-state index is 11.6. The Bertz CT molecular complexity index is 1110. The largest absolute Gasteiger partial charge is 0.504 e. The minimum absolute atomic E-state index is 0.00152. The van der Waals surface area contributed by atoms with Crippen molar-refractivity contribution in [2.24, 2.45) is 4.99 Å². The highest BCUT2D eigenvalue weighted by Gasteiger charge is 2.26. The van der Waals surface area contributed by atoms with Gasteiger partial charge in [-0.15, -0.1) is 0 Å². The van der Waals surface area contributed by atoms with Crippen LogP contribution < -0.4 is 5.32 Å². The lowest BCUT2D eigenvalue weighted by Gasteiger charge is -2.05. The fraction of sp³-hybridized carbons (Fsp3) is 0.0526. The van der Waals surface area contributed by atoms with Crippen LogP contribution in [0.15, 0.2) is 46.1 Å². The molecule has 3 aromatic rings. The first-order valence-electron chi connectivity index (χ1n) is 8.03. The van der Waals surface area contributed by atoms with Crippen LogP contribution in [-0.2, 0) is 0 Å². The molecule has 0 saturated heterocycles. The van der Waals surface area contributed by atoms with Gasteiger partial charge in [-0.25, -0.2) is 19.8 Å². The highest BCUT2D eigenvalue weighted by molar-refractivity contribution is 6.21. The minimum Gasteiger partial charge on any atom is -0.504 e. The third kappa shape index (κ3) is 2.93. The second kappa shape index (κ2) is 6.41. The first-order chi connectivity index (χ1) is 13.0. The van der Waals surface area contributed by atoms with E-state index in [-0.39, 0.29) is 17.2 Å². The molecule has 134 valence electrons. The van der Waals surface area contributed by atoms with Gasteiger partial charge in [0, 0.05) is 29.7 Å². The minimum atomic E-state index is -1.32. The lowest BCUT2D eigenvalue weighted by molar-refractivity contribution is 0.0695. The number of carboxylic acid groups (broad SMARTS) is 1. The Morgan fingerprint density at radius 3 is 2.78 bits per heavy atom. The van der Waals surface area contributed by atoms with Gasteiger partial charge in [0.1, 0.15) is 5.82 Å². The lowest BCUT2D eigenvalue weighted by atomic mass is 10.1. The van der Waals surface area contributed by atoms with Crippen molar-refractivity contribution in [3.63, 3.8) is 0 Å². The molecule has 0 amide bonds. The van der Waals surface area contributed by atoms with E-state index in [1.165, 1.54) is 6.08 Å². The molecule has 0 saturated carbocycles. The monoisotopic (exact) mass is 362 g/mol. The quantitative estimate of drug-likeness (QED) is 0.646. The molecule has 0 aliphatic carbocycles. The van der Waals surface area contributed by atoms with Crippen LogP contribution in [0.2, 0.25) is 0 Å². The summed E-state index contributed by atoms with van der Waals surface area (Å²) in [5.74, 6) is -0.909. The van der Waals surface area contributed by atoms with Crippen molar-refractivity contribution >= 4 is 41.4 Å². The van der Waals surface area contributed by atoms with E-state index in [1.54, 1.807) is 30.7 Å². The number of furan rings is 1. The number of hydrogen-bond acceptors (Lipinski definition) is 7. The molecule has 1 aliphatic rings. The Labute approximate surface area is 153 Å². The number of aromatic nitrogens is 2. The molecule has 0 fully saturated rings. The maximum atomic E-state index is 11.6. The lowest BCUT2D eigenvalue weighted by Crippen LogP contribution is -2.02. The Kier molecular flexibility index (Phi) is 3.92. The van der Waals surface area contributed by atoms with Crippen LogP contribution in [0, 0.1) is 6.92 Å². The van der Waals surface area contributed by atoms with Crippen molar-refractivity contribution in [1.82, 2.24) is 9.97 Å². The summed E-state index contributed by atoms with van der Waals surface area (Å²) in [4.78, 5) is 24.1. The number of aromatic carboxylic acids is 1. The van der Waals surface area contributed by atoms with Gasteiger partial charge in [-0.3, -0.25) is 0 Å². The normalized spacial score (nSPS) is 13.7. The average molecular weight is 362 g/mol. The molecular formula is C19H14N4O4. The van der Waals surface area contributed by atoms with E-state index in [2.05, 4.69) is 20.3 Å². The predicted octanol–water partition coefficient (Wildman–Crippen LogP) is 3.78. The summed E-state index contributed by atoms with van der Waals surface area (Å²) >= 11 is 0. The topological polar surface area (TPSA) is 121 Å². The fourth-order valence-corrected chi connectivity index (χ4v) is 2.73. The Morgan fingerprint density at radius 1 is 1.22 bits per heavy atom. The van der Waals surface area contributed by atoms with Gasteiger partial charge in [0.15, 0.2) is 22.9 Å². The second-order valence-electron chi connectivity index (χ2n) is 5.85. The zero-order chi connectivity index (χ0) is 19.0. The van der Waals surface area contributed by atoms with E-state index in [9.17, 15) is 15.0 Å². The molecule has 8 nitrogen and oxygen atoms in total. The number of allylic oxidation sites excluding steroid dienone is 1. The van der Waals surface area contributed by atoms with Gasteiger partial charge < -0.3 is 19.9 Å². The standard InChI is InChI=1S/C19H14N4O4/c1-10-4-2-6-20-16(10)23-18-14(19(25)26)15(24)13(27-18)8-11-9-22-17-12(11)5-3-7-21-17/h2-9,24H,1H3,(H,20,23)(H,25,26). The van der Waals surface area contributed by atoms with Crippen molar-refractivity contribution in [3.05, 3.63) is 59.1 Å². The first-order valence-corrected chi connectivity index (χ1v) is 8.03. The molecule has 0 bridgehead atoms. The number of nitrogens with one attached hydrogen (secondary N) is 1. The fourth-order valence-electron chi connectivity index (χ4n) is 2.73. The molecule has 0 unspecified atom stereocenters. The van der Waals surface area contributed by atoms with Crippen LogP contribution in [0.25, 0.3) is 11.6 Å². The molecular weight excluding hydrogens is 348 g/mol. The molecule has 3 aromatic heterocycles. The number of hydrogen-bond donors (Lipinski definition) is 3. The van der Waals surface area contributed by atoms with E-state index < -0.39 is 11.7 Å². The molecule has 4 heterocycles. The zero-order valence-electron chi connectivity index (χ0n) is 14.2. The highest BCUT2D eigenvalue weighted by Crippen LogP contribution is 2.38. The van der Waals surface area contributed by atoms with E-state index >= 15 is 0 Å². The van der Waals surface area contributed by atoms with Crippen molar-refractivity contribution in [1.29, 1.82) is 0 Å². The van der Waals surface area contributed by atoms with E-state index in [0.717, 1.165) is 11.1 Å². The molecule has 8 heteroatoms. The number of anilines is 2. The number of carbonyl (C=O) groups is 1. The summed E-state index contributed by atoms with van der Waals surface area (Å²) in [5.41, 5.74) is 1.85. The van der Waals surface area contributed by atoms with E-state index in [0.29, 0.717) is 17.2 Å². The Morgan fingerprint density at radius 2 is 2.00 bits per heavy atom. The number of aliphatic imine (C=N–C) groups is 1. The number of carboxylic acids is 1. The van der Waals surface area contributed by atoms with Crippen LogP contribution in [0.5, 0.6) is 5.75 Å². The van der Waals surface area contributed by atoms with Crippen molar-refractivity contribution in [3.8, 4) is 5.75 Å². The Balaban J connectivity index is 1.78. The first kappa shape index (κ1) is 16.5. The summed E-state index contributed by atoms with van der Waals surface area (Å²) in [6.45, 7) is 1.82. The van der Waals surface area contributed by atoms with E-state index in [1.807, 2.05) is 19.1 Å². The SMILES string of the molecule is Cc1cccnc1Nc1oc(C=C2C=Nc3ncccc32)c(O)c1C(=O)O. The zero-order valence-corrected chi connectivity index (χ0v) is 14.2. The maximum Gasteiger partial charge on any atom is 0.345 e. The Hall–Kier alpha value is -3.94. The average Bonchev–Trinajstić information content (AvgIpc) is 3.19. The third-order valence-electron chi connectivity index (χ3n) is 4.07. The van der Waals surface area contributed by atoms with Crippen LogP contribution in [0.3, 0.4) is 0 Å². The molecule has 4 rings (SSSR count). The second-order valence-corrected chi connectivity index (χ2v) is 5.85. The third-order valence-corrected chi connectivity index (χ3v) is 4.07. The van der Waals surface area contributed by atoms with Crippen molar-refractivity contribution in [2.45, 2.75) is 6.92 Å². The van der Waals surface area contributed by atoms with Gasteiger partial charge in [-0.2, -0.15) is 0 Å². The summed E-state index contributed by atoms with van der Waals surface area (Å²) in [6, 6.07) is 7.18. The molecule has 3 N–H and O–H groups in total. The summed E-state index contributed by atoms with van der Waals surface area (Å²) < 4.78 is 5.60. The molecule has 1 aliphatic heterocycles. The number of rotatable bonds is 4.